The maximum atomic E-state index is 2.48. The van der Waals surface area contributed by atoms with E-state index >= 15 is 0 Å². The Balaban J connectivity index is 1.09. The molecule has 2 nitrogen and oxygen atoms in total. The molecule has 0 aromatic heterocycles. The maximum absolute atomic E-state index is 2.48. The number of rotatable bonds is 4. The molecule has 266 valence electrons. The first-order chi connectivity index (χ1) is 27.8. The standard InChI is InChI=1S/C54H40N2/c1-3-17-43(18-4-1)55-49-25-13-7-15-37(49)27-29-39-35-41(31-33-51(39)55)53-45-21-9-11-23-47(45)54(48-24-12-10-22-46(48)53)42-32-34-52-40(36-42)30-28-38-16-8-14-26-50(38)56(52)44-19-5-2-6-20-44/h1-26,31-36H,27-30H2. The van der Waals surface area contributed by atoms with E-state index in [1.807, 2.05) is 0 Å². The molecule has 0 bridgehead atoms. The Bertz CT molecular complexity index is 2670. The van der Waals surface area contributed by atoms with Crippen LogP contribution >= 0.6 is 0 Å². The van der Waals surface area contributed by atoms with Crippen molar-refractivity contribution >= 4 is 55.7 Å². The van der Waals surface area contributed by atoms with Gasteiger partial charge < -0.3 is 9.80 Å². The van der Waals surface area contributed by atoms with Gasteiger partial charge in [-0.1, -0.05) is 133 Å². The fourth-order valence-corrected chi connectivity index (χ4v) is 9.46. The van der Waals surface area contributed by atoms with Crippen LogP contribution in [0.25, 0.3) is 43.8 Å². The monoisotopic (exact) mass is 716 g/mol. The van der Waals surface area contributed by atoms with Crippen molar-refractivity contribution in [3.05, 3.63) is 216 Å². The second-order valence-corrected chi connectivity index (χ2v) is 15.1. The van der Waals surface area contributed by atoms with Crippen molar-refractivity contribution in [2.75, 3.05) is 9.80 Å². The van der Waals surface area contributed by atoms with E-state index in [1.54, 1.807) is 0 Å². The number of hydrogen-bond acceptors (Lipinski definition) is 2. The van der Waals surface area contributed by atoms with Gasteiger partial charge >= 0.3 is 0 Å². The molecule has 0 saturated carbocycles. The van der Waals surface area contributed by atoms with E-state index in [-0.39, 0.29) is 0 Å². The number of aryl methyl sites for hydroxylation is 4. The number of hydrogen-bond donors (Lipinski definition) is 0. The van der Waals surface area contributed by atoms with Gasteiger partial charge in [-0.25, -0.2) is 0 Å². The van der Waals surface area contributed by atoms with E-state index in [4.69, 9.17) is 0 Å². The highest BCUT2D eigenvalue weighted by Crippen LogP contribution is 2.49. The zero-order valence-corrected chi connectivity index (χ0v) is 31.2. The zero-order chi connectivity index (χ0) is 37.0. The number of para-hydroxylation sites is 4. The maximum Gasteiger partial charge on any atom is 0.0494 e. The molecule has 0 aliphatic carbocycles. The summed E-state index contributed by atoms with van der Waals surface area (Å²) in [7, 11) is 0. The SMILES string of the molecule is c1ccc(N2c3ccccc3CCc3cc(-c4c5ccccc5c(-c5ccc6c(c5)CCc5ccccc5N6c5ccccc5)c5ccccc45)ccc32)cc1. The second kappa shape index (κ2) is 13.4. The third kappa shape index (κ3) is 5.33. The Kier molecular flexibility index (Phi) is 7.81. The molecule has 0 saturated heterocycles. The van der Waals surface area contributed by atoms with Gasteiger partial charge in [-0.3, -0.25) is 0 Å². The highest BCUT2D eigenvalue weighted by molar-refractivity contribution is 6.21. The zero-order valence-electron chi connectivity index (χ0n) is 31.2. The molecule has 2 heterocycles. The second-order valence-electron chi connectivity index (χ2n) is 15.1. The smallest absolute Gasteiger partial charge is 0.0494 e. The summed E-state index contributed by atoms with van der Waals surface area (Å²) >= 11 is 0. The molecular weight excluding hydrogens is 677 g/mol. The summed E-state index contributed by atoms with van der Waals surface area (Å²) in [6.45, 7) is 0. The number of anilines is 6. The molecule has 9 aromatic carbocycles. The summed E-state index contributed by atoms with van der Waals surface area (Å²) in [4.78, 5) is 4.91. The molecular formula is C54H40N2. The lowest BCUT2D eigenvalue weighted by molar-refractivity contribution is 0.978. The van der Waals surface area contributed by atoms with Gasteiger partial charge in [0.1, 0.15) is 0 Å². The van der Waals surface area contributed by atoms with Crippen LogP contribution < -0.4 is 9.80 Å². The highest BCUT2D eigenvalue weighted by atomic mass is 15.2. The molecule has 0 unspecified atom stereocenters. The van der Waals surface area contributed by atoms with Crippen molar-refractivity contribution in [1.82, 2.24) is 0 Å². The molecule has 56 heavy (non-hydrogen) atoms. The molecule has 0 atom stereocenters. The van der Waals surface area contributed by atoms with Gasteiger partial charge in [0.25, 0.3) is 0 Å². The molecule has 2 heteroatoms. The molecule has 11 rings (SSSR count). The summed E-state index contributed by atoms with van der Waals surface area (Å²) in [6.07, 6.45) is 3.97. The van der Waals surface area contributed by atoms with E-state index in [0.717, 1.165) is 25.7 Å². The lowest BCUT2D eigenvalue weighted by Gasteiger charge is -2.28. The average molecular weight is 717 g/mol. The molecule has 0 fully saturated rings. The van der Waals surface area contributed by atoms with E-state index in [0.29, 0.717) is 0 Å². The van der Waals surface area contributed by atoms with Crippen LogP contribution in [0.1, 0.15) is 22.3 Å². The van der Waals surface area contributed by atoms with Gasteiger partial charge in [-0.05, 0) is 152 Å². The van der Waals surface area contributed by atoms with E-state index in [1.165, 1.54) is 100 Å². The van der Waals surface area contributed by atoms with Gasteiger partial charge in [-0.15, -0.1) is 0 Å². The Labute approximate surface area is 328 Å². The van der Waals surface area contributed by atoms with Crippen molar-refractivity contribution in [3.63, 3.8) is 0 Å². The molecule has 0 spiro atoms. The minimum Gasteiger partial charge on any atom is -0.310 e. The quantitative estimate of drug-likeness (QED) is 0.167. The van der Waals surface area contributed by atoms with Crippen molar-refractivity contribution in [2.24, 2.45) is 0 Å². The summed E-state index contributed by atoms with van der Waals surface area (Å²) in [6, 6.07) is 71.9. The predicted molar refractivity (Wildman–Crippen MR) is 237 cm³/mol. The van der Waals surface area contributed by atoms with Gasteiger partial charge in [0, 0.05) is 34.1 Å². The first-order valence-electron chi connectivity index (χ1n) is 19.9. The van der Waals surface area contributed by atoms with Crippen molar-refractivity contribution in [2.45, 2.75) is 25.7 Å². The van der Waals surface area contributed by atoms with E-state index in [9.17, 15) is 0 Å². The first kappa shape index (κ1) is 32.5. The molecule has 9 aromatic rings. The molecule has 0 radical (unpaired) electrons. The van der Waals surface area contributed by atoms with Crippen LogP contribution in [0.5, 0.6) is 0 Å². The summed E-state index contributed by atoms with van der Waals surface area (Å²) < 4.78 is 0. The van der Waals surface area contributed by atoms with Crippen LogP contribution in [-0.2, 0) is 25.7 Å². The van der Waals surface area contributed by atoms with Crippen LogP contribution in [0.4, 0.5) is 34.1 Å². The topological polar surface area (TPSA) is 6.48 Å². The minimum absolute atomic E-state index is 0.983. The van der Waals surface area contributed by atoms with Crippen molar-refractivity contribution in [3.8, 4) is 22.3 Å². The van der Waals surface area contributed by atoms with Crippen LogP contribution in [-0.4, -0.2) is 0 Å². The highest BCUT2D eigenvalue weighted by Gasteiger charge is 2.26. The van der Waals surface area contributed by atoms with Gasteiger partial charge in [0.2, 0.25) is 0 Å². The van der Waals surface area contributed by atoms with E-state index < -0.39 is 0 Å². The van der Waals surface area contributed by atoms with E-state index in [2.05, 4.69) is 204 Å². The number of nitrogens with zero attached hydrogens (tertiary/aromatic N) is 2. The lowest BCUT2D eigenvalue weighted by atomic mass is 9.85. The Morgan fingerprint density at radius 1 is 0.268 bits per heavy atom. The molecule has 2 aliphatic rings. The van der Waals surface area contributed by atoms with Gasteiger partial charge in [0.05, 0.1) is 0 Å². The first-order valence-corrected chi connectivity index (χ1v) is 19.9. The third-order valence-electron chi connectivity index (χ3n) is 12.0. The number of benzene rings is 9. The molecule has 2 aliphatic heterocycles. The fourth-order valence-electron chi connectivity index (χ4n) is 9.46. The molecule has 0 N–H and O–H groups in total. The van der Waals surface area contributed by atoms with Crippen LogP contribution in [0, 0.1) is 0 Å². The Morgan fingerprint density at radius 3 is 1.00 bits per heavy atom. The lowest BCUT2D eigenvalue weighted by Crippen LogP contribution is -2.11. The minimum atomic E-state index is 0.983. The largest absolute Gasteiger partial charge is 0.310 e. The summed E-state index contributed by atoms with van der Waals surface area (Å²) in [5.41, 5.74) is 18.1. The van der Waals surface area contributed by atoms with Crippen LogP contribution in [0.3, 0.4) is 0 Å². The summed E-state index contributed by atoms with van der Waals surface area (Å²) in [5, 5.41) is 5.13. The fraction of sp³-hybridized carbons (Fsp3) is 0.0741. The van der Waals surface area contributed by atoms with Crippen molar-refractivity contribution < 1.29 is 0 Å². The predicted octanol–water partition coefficient (Wildman–Crippen LogP) is 14.5. The van der Waals surface area contributed by atoms with Crippen molar-refractivity contribution in [1.29, 1.82) is 0 Å². The normalized spacial score (nSPS) is 13.4. The van der Waals surface area contributed by atoms with Crippen LogP contribution in [0.15, 0.2) is 194 Å². The van der Waals surface area contributed by atoms with Crippen LogP contribution in [0.2, 0.25) is 0 Å². The molecule has 0 amide bonds. The average Bonchev–Trinajstić information content (AvgIpc) is 3.54. The van der Waals surface area contributed by atoms with Gasteiger partial charge in [-0.2, -0.15) is 0 Å². The third-order valence-corrected chi connectivity index (χ3v) is 12.0. The Hall–Kier alpha value is -6.90. The Morgan fingerprint density at radius 2 is 0.589 bits per heavy atom. The summed E-state index contributed by atoms with van der Waals surface area (Å²) in [5.74, 6) is 0. The van der Waals surface area contributed by atoms with Gasteiger partial charge in [0.15, 0.2) is 0 Å². The number of fused-ring (bicyclic) bond motifs is 6.